The lowest BCUT2D eigenvalue weighted by Gasteiger charge is -2.12. The van der Waals surface area contributed by atoms with E-state index in [4.69, 9.17) is 10.2 Å². The molecule has 106 valence electrons. The molecule has 0 aliphatic rings. The predicted octanol–water partition coefficient (Wildman–Crippen LogP) is -0.332. The molecule has 0 aromatic carbocycles. The third-order valence-electron chi connectivity index (χ3n) is 2.39. The van der Waals surface area contributed by atoms with E-state index in [0.29, 0.717) is 5.82 Å². The number of rotatable bonds is 5. The van der Waals surface area contributed by atoms with E-state index in [1.165, 1.54) is 0 Å². The van der Waals surface area contributed by atoms with Crippen LogP contribution in [-0.2, 0) is 10.2 Å². The van der Waals surface area contributed by atoms with Crippen LogP contribution >= 0.6 is 0 Å². The number of aliphatic carboxylic acids is 1. The van der Waals surface area contributed by atoms with Gasteiger partial charge in [-0.25, -0.2) is 9.78 Å². The minimum Gasteiger partial charge on any atom is -0.479 e. The standard InChI is InChI=1S/C11H18N4O4/c1-11(2,3)10-13-7(14-15-10)8(17)12-5-4-6(16)9(18)19/h6,16H,4-5H2,1-3H3,(H,12,17)(H,18,19)(H,13,14,15). The second-order valence-corrected chi connectivity index (χ2v) is 5.16. The Kier molecular flexibility index (Phi) is 4.60. The Morgan fingerprint density at radius 1 is 1.42 bits per heavy atom. The zero-order chi connectivity index (χ0) is 14.6. The number of aliphatic hydroxyl groups excluding tert-OH is 1. The van der Waals surface area contributed by atoms with Gasteiger partial charge in [0, 0.05) is 18.4 Å². The zero-order valence-corrected chi connectivity index (χ0v) is 11.1. The number of carboxylic acid groups (broad SMARTS) is 1. The number of amides is 1. The number of nitrogens with zero attached hydrogens (tertiary/aromatic N) is 2. The van der Waals surface area contributed by atoms with E-state index in [2.05, 4.69) is 20.5 Å². The monoisotopic (exact) mass is 270 g/mol. The summed E-state index contributed by atoms with van der Waals surface area (Å²) in [5.41, 5.74) is -0.245. The van der Waals surface area contributed by atoms with Crippen LogP contribution in [0.15, 0.2) is 0 Å². The lowest BCUT2D eigenvalue weighted by molar-refractivity contribution is -0.146. The van der Waals surface area contributed by atoms with Crippen molar-refractivity contribution in [3.05, 3.63) is 11.6 Å². The molecule has 1 aromatic heterocycles. The summed E-state index contributed by atoms with van der Waals surface area (Å²) in [6, 6.07) is 0. The number of carbonyl (C=O) groups excluding carboxylic acids is 1. The van der Waals surface area contributed by atoms with Crippen LogP contribution < -0.4 is 5.32 Å². The number of aliphatic hydroxyl groups is 1. The number of aromatic amines is 1. The van der Waals surface area contributed by atoms with E-state index in [1.54, 1.807) is 0 Å². The molecular formula is C11H18N4O4. The number of nitrogens with one attached hydrogen (secondary N) is 2. The molecule has 8 nitrogen and oxygen atoms in total. The Labute approximate surface area is 110 Å². The zero-order valence-electron chi connectivity index (χ0n) is 11.1. The predicted molar refractivity (Wildman–Crippen MR) is 65.7 cm³/mol. The third kappa shape index (κ3) is 4.32. The van der Waals surface area contributed by atoms with Crippen molar-refractivity contribution in [1.82, 2.24) is 20.5 Å². The normalized spacial score (nSPS) is 13.1. The van der Waals surface area contributed by atoms with Crippen LogP contribution in [0.25, 0.3) is 0 Å². The van der Waals surface area contributed by atoms with Crippen molar-refractivity contribution in [3.8, 4) is 0 Å². The molecular weight excluding hydrogens is 252 g/mol. The van der Waals surface area contributed by atoms with Gasteiger partial charge in [-0.05, 0) is 0 Å². The van der Waals surface area contributed by atoms with Crippen molar-refractivity contribution in [2.45, 2.75) is 38.7 Å². The highest BCUT2D eigenvalue weighted by Crippen LogP contribution is 2.17. The summed E-state index contributed by atoms with van der Waals surface area (Å²) in [5.74, 6) is -1.25. The summed E-state index contributed by atoms with van der Waals surface area (Å²) < 4.78 is 0. The average Bonchev–Trinajstić information content (AvgIpc) is 2.77. The molecule has 19 heavy (non-hydrogen) atoms. The number of carbonyl (C=O) groups is 2. The van der Waals surface area contributed by atoms with Crippen LogP contribution in [0.2, 0.25) is 0 Å². The Balaban J connectivity index is 2.51. The lowest BCUT2D eigenvalue weighted by atomic mass is 9.96. The first-order valence-corrected chi connectivity index (χ1v) is 5.83. The molecule has 1 aromatic rings. The van der Waals surface area contributed by atoms with Gasteiger partial charge in [-0.3, -0.25) is 9.89 Å². The van der Waals surface area contributed by atoms with E-state index >= 15 is 0 Å². The molecule has 0 radical (unpaired) electrons. The van der Waals surface area contributed by atoms with E-state index in [-0.39, 0.29) is 24.2 Å². The summed E-state index contributed by atoms with van der Waals surface area (Å²) >= 11 is 0. The maximum Gasteiger partial charge on any atom is 0.332 e. The molecule has 0 fully saturated rings. The number of H-pyrrole nitrogens is 1. The molecule has 1 amide bonds. The Morgan fingerprint density at radius 3 is 2.53 bits per heavy atom. The molecule has 0 bridgehead atoms. The quantitative estimate of drug-likeness (QED) is 0.580. The smallest absolute Gasteiger partial charge is 0.332 e. The van der Waals surface area contributed by atoms with Gasteiger partial charge in [-0.15, -0.1) is 5.10 Å². The maximum atomic E-state index is 11.7. The number of hydrogen-bond donors (Lipinski definition) is 4. The minimum absolute atomic E-state index is 0.00487. The highest BCUT2D eigenvalue weighted by Gasteiger charge is 2.21. The first kappa shape index (κ1) is 15.1. The first-order valence-electron chi connectivity index (χ1n) is 5.83. The van der Waals surface area contributed by atoms with Crippen LogP contribution in [0.4, 0.5) is 0 Å². The Bertz CT molecular complexity index is 464. The summed E-state index contributed by atoms with van der Waals surface area (Å²) in [4.78, 5) is 26.1. The van der Waals surface area contributed by atoms with E-state index in [1.807, 2.05) is 20.8 Å². The lowest BCUT2D eigenvalue weighted by Crippen LogP contribution is -2.30. The van der Waals surface area contributed by atoms with Crippen LogP contribution in [-0.4, -0.2) is 49.9 Å². The summed E-state index contributed by atoms with van der Waals surface area (Å²) in [7, 11) is 0. The van der Waals surface area contributed by atoms with E-state index < -0.39 is 18.0 Å². The van der Waals surface area contributed by atoms with Crippen molar-refractivity contribution in [1.29, 1.82) is 0 Å². The van der Waals surface area contributed by atoms with Gasteiger partial charge >= 0.3 is 5.97 Å². The molecule has 0 aliphatic heterocycles. The fraction of sp³-hybridized carbons (Fsp3) is 0.636. The van der Waals surface area contributed by atoms with Gasteiger partial charge in [0.25, 0.3) is 5.91 Å². The Morgan fingerprint density at radius 2 is 2.05 bits per heavy atom. The Hall–Kier alpha value is -1.96. The summed E-state index contributed by atoms with van der Waals surface area (Å²) in [6.45, 7) is 5.82. The van der Waals surface area contributed by atoms with Gasteiger partial charge in [-0.1, -0.05) is 20.8 Å². The van der Waals surface area contributed by atoms with Gasteiger partial charge in [0.05, 0.1) is 0 Å². The van der Waals surface area contributed by atoms with Crippen molar-refractivity contribution >= 4 is 11.9 Å². The second-order valence-electron chi connectivity index (χ2n) is 5.16. The molecule has 1 atom stereocenters. The van der Waals surface area contributed by atoms with Crippen LogP contribution in [0.3, 0.4) is 0 Å². The van der Waals surface area contributed by atoms with Crippen LogP contribution in [0, 0.1) is 0 Å². The van der Waals surface area contributed by atoms with Crippen molar-refractivity contribution in [2.24, 2.45) is 0 Å². The average molecular weight is 270 g/mol. The van der Waals surface area contributed by atoms with Crippen LogP contribution in [0.1, 0.15) is 43.6 Å². The number of aromatic nitrogens is 3. The van der Waals surface area contributed by atoms with Gasteiger partial charge in [-0.2, -0.15) is 0 Å². The van der Waals surface area contributed by atoms with E-state index in [9.17, 15) is 9.59 Å². The van der Waals surface area contributed by atoms with Crippen LogP contribution in [0.5, 0.6) is 0 Å². The molecule has 0 aliphatic carbocycles. The minimum atomic E-state index is -1.49. The second kappa shape index (κ2) is 5.79. The van der Waals surface area contributed by atoms with Crippen molar-refractivity contribution in [3.63, 3.8) is 0 Å². The molecule has 4 N–H and O–H groups in total. The van der Waals surface area contributed by atoms with Gasteiger partial charge < -0.3 is 15.5 Å². The fourth-order valence-electron chi connectivity index (χ4n) is 1.22. The molecule has 8 heteroatoms. The van der Waals surface area contributed by atoms with E-state index in [0.717, 1.165) is 0 Å². The third-order valence-corrected chi connectivity index (χ3v) is 2.39. The molecule has 1 unspecified atom stereocenters. The van der Waals surface area contributed by atoms with Crippen molar-refractivity contribution in [2.75, 3.05) is 6.54 Å². The SMILES string of the molecule is CC(C)(C)c1nc(C(=O)NCCC(O)C(=O)O)n[nH]1. The van der Waals surface area contributed by atoms with Gasteiger partial charge in [0.1, 0.15) is 5.82 Å². The summed E-state index contributed by atoms with van der Waals surface area (Å²) in [6.07, 6.45) is -1.56. The van der Waals surface area contributed by atoms with Gasteiger partial charge in [0.2, 0.25) is 5.82 Å². The number of carboxylic acids is 1. The first-order chi connectivity index (χ1) is 8.71. The summed E-state index contributed by atoms with van der Waals surface area (Å²) in [5, 5.41) is 26.4. The highest BCUT2D eigenvalue weighted by atomic mass is 16.4. The topological polar surface area (TPSA) is 128 Å². The molecule has 0 saturated heterocycles. The van der Waals surface area contributed by atoms with Gasteiger partial charge in [0.15, 0.2) is 6.10 Å². The maximum absolute atomic E-state index is 11.7. The molecule has 1 heterocycles. The fourth-order valence-corrected chi connectivity index (χ4v) is 1.22. The largest absolute Gasteiger partial charge is 0.479 e. The van der Waals surface area contributed by atoms with Crippen molar-refractivity contribution < 1.29 is 19.8 Å². The molecule has 1 rings (SSSR count). The molecule has 0 spiro atoms. The number of hydrogen-bond acceptors (Lipinski definition) is 5. The highest BCUT2D eigenvalue weighted by molar-refractivity contribution is 5.90. The molecule has 0 saturated carbocycles.